The summed E-state index contributed by atoms with van der Waals surface area (Å²) in [5, 5.41) is 19.1. The van der Waals surface area contributed by atoms with Crippen LogP contribution in [0.15, 0.2) is 85.1 Å². The number of fused-ring (bicyclic) bond motifs is 1. The molecule has 5 aromatic rings. The summed E-state index contributed by atoms with van der Waals surface area (Å²) in [5.74, 6) is 3.57. The summed E-state index contributed by atoms with van der Waals surface area (Å²) in [6.07, 6.45) is 2.45. The summed E-state index contributed by atoms with van der Waals surface area (Å²) in [7, 11) is 3.26. The maximum Gasteiger partial charge on any atom is 0.407 e. The van der Waals surface area contributed by atoms with Crippen molar-refractivity contribution in [2.24, 2.45) is 0 Å². The summed E-state index contributed by atoms with van der Waals surface area (Å²) >= 11 is 0. The highest BCUT2D eigenvalue weighted by Gasteiger charge is 2.28. The number of benzene rings is 3. The Kier molecular flexibility index (Phi) is 7.99. The minimum absolute atomic E-state index is 0.0984. The SMILES string of the molecule is COc1ccc(CNc2nccc3c2c(-c2ccc(Oc4ccccc4)cc2)nn3C2CCCN(C(=O)O)C2)c(OC)c1. The second kappa shape index (κ2) is 12.3. The van der Waals surface area contributed by atoms with Gasteiger partial charge in [-0.1, -0.05) is 18.2 Å². The maximum absolute atomic E-state index is 11.8. The molecular weight excluding hydrogens is 546 g/mol. The number of rotatable bonds is 9. The van der Waals surface area contributed by atoms with Crippen LogP contribution in [-0.2, 0) is 6.54 Å². The number of carboxylic acid groups (broad SMARTS) is 1. The molecule has 0 spiro atoms. The molecule has 1 aliphatic rings. The molecule has 2 N–H and O–H groups in total. The van der Waals surface area contributed by atoms with Gasteiger partial charge in [0, 0.05) is 43.0 Å². The van der Waals surface area contributed by atoms with Crippen LogP contribution in [0.3, 0.4) is 0 Å². The van der Waals surface area contributed by atoms with Crippen molar-refractivity contribution in [3.63, 3.8) is 0 Å². The minimum Gasteiger partial charge on any atom is -0.497 e. The molecular formula is C33H33N5O5. The van der Waals surface area contributed by atoms with Gasteiger partial charge >= 0.3 is 6.09 Å². The Balaban J connectivity index is 1.38. The smallest absolute Gasteiger partial charge is 0.407 e. The van der Waals surface area contributed by atoms with Crippen molar-refractivity contribution in [1.82, 2.24) is 19.7 Å². The predicted molar refractivity (Wildman–Crippen MR) is 164 cm³/mol. The molecule has 3 aromatic carbocycles. The first-order chi connectivity index (χ1) is 21.0. The average Bonchev–Trinajstić information content (AvgIpc) is 3.45. The number of likely N-dealkylation sites (tertiary alicyclic amines) is 1. The number of methoxy groups -OCH3 is 2. The number of hydrogen-bond donors (Lipinski definition) is 2. The summed E-state index contributed by atoms with van der Waals surface area (Å²) in [6, 6.07) is 25.0. The number of nitrogens with zero attached hydrogens (tertiary/aromatic N) is 4. The highest BCUT2D eigenvalue weighted by atomic mass is 16.5. The Morgan fingerprint density at radius 1 is 0.977 bits per heavy atom. The normalized spacial score (nSPS) is 14.8. The molecule has 2 aromatic heterocycles. The van der Waals surface area contributed by atoms with E-state index < -0.39 is 6.09 Å². The van der Waals surface area contributed by atoms with Crippen molar-refractivity contribution >= 4 is 22.8 Å². The fourth-order valence-electron chi connectivity index (χ4n) is 5.51. The zero-order valence-electron chi connectivity index (χ0n) is 24.1. The van der Waals surface area contributed by atoms with Crippen LogP contribution in [0, 0.1) is 0 Å². The highest BCUT2D eigenvalue weighted by molar-refractivity contribution is 6.01. The van der Waals surface area contributed by atoms with Crippen molar-refractivity contribution in [2.75, 3.05) is 32.6 Å². The zero-order valence-corrected chi connectivity index (χ0v) is 24.1. The van der Waals surface area contributed by atoms with Gasteiger partial charge in [0.05, 0.1) is 31.2 Å². The lowest BCUT2D eigenvalue weighted by Crippen LogP contribution is -2.40. The molecule has 10 nitrogen and oxygen atoms in total. The van der Waals surface area contributed by atoms with Crippen molar-refractivity contribution in [3.8, 4) is 34.3 Å². The molecule has 0 saturated carbocycles. The van der Waals surface area contributed by atoms with Gasteiger partial charge in [-0.05, 0) is 67.4 Å². The molecule has 1 aliphatic heterocycles. The lowest BCUT2D eigenvalue weighted by atomic mass is 10.1. The molecule has 1 saturated heterocycles. The van der Waals surface area contributed by atoms with Crippen molar-refractivity contribution in [1.29, 1.82) is 0 Å². The molecule has 1 amide bonds. The third kappa shape index (κ3) is 5.90. The van der Waals surface area contributed by atoms with E-state index >= 15 is 0 Å². The van der Waals surface area contributed by atoms with E-state index in [0.29, 0.717) is 42.7 Å². The Labute approximate surface area is 249 Å². The Morgan fingerprint density at radius 3 is 2.49 bits per heavy atom. The maximum atomic E-state index is 11.8. The average molecular weight is 580 g/mol. The van der Waals surface area contributed by atoms with E-state index in [0.717, 1.165) is 46.3 Å². The number of carbonyl (C=O) groups is 1. The van der Waals surface area contributed by atoms with Gasteiger partial charge in [0.2, 0.25) is 0 Å². The molecule has 3 heterocycles. The first kappa shape index (κ1) is 27.9. The van der Waals surface area contributed by atoms with Gasteiger partial charge in [0.25, 0.3) is 0 Å². The highest BCUT2D eigenvalue weighted by Crippen LogP contribution is 2.37. The van der Waals surface area contributed by atoms with Gasteiger partial charge in [0.1, 0.15) is 34.5 Å². The van der Waals surface area contributed by atoms with E-state index in [4.69, 9.17) is 24.3 Å². The van der Waals surface area contributed by atoms with Crippen LogP contribution in [0.1, 0.15) is 24.4 Å². The Morgan fingerprint density at radius 2 is 1.74 bits per heavy atom. The van der Waals surface area contributed by atoms with Crippen LogP contribution in [0.25, 0.3) is 22.2 Å². The van der Waals surface area contributed by atoms with Gasteiger partial charge in [-0.25, -0.2) is 9.78 Å². The van der Waals surface area contributed by atoms with Crippen molar-refractivity contribution in [2.45, 2.75) is 25.4 Å². The lowest BCUT2D eigenvalue weighted by molar-refractivity contribution is 0.120. The van der Waals surface area contributed by atoms with Gasteiger partial charge in [-0.15, -0.1) is 0 Å². The quantitative estimate of drug-likeness (QED) is 0.195. The number of amides is 1. The fraction of sp³-hybridized carbons (Fsp3) is 0.242. The summed E-state index contributed by atoms with van der Waals surface area (Å²) in [4.78, 5) is 18.0. The molecule has 10 heteroatoms. The van der Waals surface area contributed by atoms with Crippen LogP contribution in [0.2, 0.25) is 0 Å². The van der Waals surface area contributed by atoms with Gasteiger partial charge < -0.3 is 29.5 Å². The molecule has 0 aliphatic carbocycles. The van der Waals surface area contributed by atoms with Crippen molar-refractivity contribution in [3.05, 3.63) is 90.6 Å². The number of aromatic nitrogens is 3. The van der Waals surface area contributed by atoms with Crippen molar-refractivity contribution < 1.29 is 24.1 Å². The summed E-state index contributed by atoms with van der Waals surface area (Å²) < 4.78 is 18.9. The van der Waals surface area contributed by atoms with E-state index in [1.165, 1.54) is 4.90 Å². The number of piperidine rings is 1. The van der Waals surface area contributed by atoms with E-state index in [1.54, 1.807) is 20.4 Å². The third-order valence-electron chi connectivity index (χ3n) is 7.68. The van der Waals surface area contributed by atoms with E-state index in [1.807, 2.05) is 83.5 Å². The monoisotopic (exact) mass is 579 g/mol. The fourth-order valence-corrected chi connectivity index (χ4v) is 5.51. The molecule has 1 atom stereocenters. The summed E-state index contributed by atoms with van der Waals surface area (Å²) in [5.41, 5.74) is 3.48. The van der Waals surface area contributed by atoms with Gasteiger partial charge in [-0.3, -0.25) is 4.68 Å². The van der Waals surface area contributed by atoms with Gasteiger partial charge in [0.15, 0.2) is 0 Å². The topological polar surface area (TPSA) is 111 Å². The largest absolute Gasteiger partial charge is 0.497 e. The van der Waals surface area contributed by atoms with E-state index in [-0.39, 0.29) is 6.04 Å². The second-order valence-corrected chi connectivity index (χ2v) is 10.3. The Bertz CT molecular complexity index is 1720. The van der Waals surface area contributed by atoms with Crippen LogP contribution < -0.4 is 19.5 Å². The van der Waals surface area contributed by atoms with Crippen LogP contribution in [0.4, 0.5) is 10.6 Å². The predicted octanol–water partition coefficient (Wildman–Crippen LogP) is 6.83. The molecule has 1 fully saturated rings. The number of nitrogens with one attached hydrogen (secondary N) is 1. The summed E-state index contributed by atoms with van der Waals surface area (Å²) in [6.45, 7) is 1.37. The third-order valence-corrected chi connectivity index (χ3v) is 7.68. The Hall–Kier alpha value is -5.25. The number of ether oxygens (including phenoxy) is 3. The number of anilines is 1. The number of pyridine rings is 1. The first-order valence-corrected chi connectivity index (χ1v) is 14.2. The molecule has 220 valence electrons. The van der Waals surface area contributed by atoms with Gasteiger partial charge in [-0.2, -0.15) is 5.10 Å². The number of hydrogen-bond acceptors (Lipinski definition) is 7. The lowest BCUT2D eigenvalue weighted by Gasteiger charge is -2.31. The molecule has 6 rings (SSSR count). The molecule has 0 radical (unpaired) electrons. The molecule has 1 unspecified atom stereocenters. The van der Waals surface area contributed by atoms with E-state index in [9.17, 15) is 9.90 Å². The standard InChI is InChI=1S/C33H33N5O5/c1-41-27-15-12-23(29(19-27)42-2)20-35-32-30-28(16-17-34-32)38(24-7-6-18-37(21-24)33(39)40)36-31(30)22-10-13-26(14-11-22)43-25-8-4-3-5-9-25/h3-5,8-17,19,24H,6-7,18,20-21H2,1-2H3,(H,34,35)(H,39,40). The second-order valence-electron chi connectivity index (χ2n) is 10.3. The first-order valence-electron chi connectivity index (χ1n) is 14.2. The minimum atomic E-state index is -0.909. The van der Waals surface area contributed by atoms with E-state index in [2.05, 4.69) is 5.32 Å². The molecule has 43 heavy (non-hydrogen) atoms. The van der Waals surface area contributed by atoms with Crippen LogP contribution >= 0.6 is 0 Å². The van der Waals surface area contributed by atoms with Crippen LogP contribution in [0.5, 0.6) is 23.0 Å². The van der Waals surface area contributed by atoms with Crippen LogP contribution in [-0.4, -0.2) is 58.2 Å². The zero-order chi connectivity index (χ0) is 29.8. The molecule has 0 bridgehead atoms. The number of para-hydroxylation sites is 1.